The standard InChI is InChI=1S/C17H19ClN2O4S/c1-9-14-12(15(18)17(22)16(9)21)6-7-20-8-13(14)10-2-4-11(5-3-10)25(19,23)24/h2-5,13,20-22H,6-8H2,1H3,(H2,19,23,24). The van der Waals surface area contributed by atoms with E-state index in [9.17, 15) is 18.6 Å². The molecular weight excluding hydrogens is 364 g/mol. The molecule has 8 heteroatoms. The van der Waals surface area contributed by atoms with Gasteiger partial charge in [-0.1, -0.05) is 23.7 Å². The van der Waals surface area contributed by atoms with Crippen LogP contribution in [0, 0.1) is 6.92 Å². The molecule has 25 heavy (non-hydrogen) atoms. The van der Waals surface area contributed by atoms with Crippen LogP contribution in [0.4, 0.5) is 0 Å². The lowest BCUT2D eigenvalue weighted by Gasteiger charge is -2.23. The lowest BCUT2D eigenvalue weighted by Crippen LogP contribution is -2.21. The molecule has 0 saturated heterocycles. The summed E-state index contributed by atoms with van der Waals surface area (Å²) in [7, 11) is -3.76. The quantitative estimate of drug-likeness (QED) is 0.593. The van der Waals surface area contributed by atoms with Crippen molar-refractivity contribution in [1.82, 2.24) is 5.32 Å². The average Bonchev–Trinajstić information content (AvgIpc) is 2.80. The van der Waals surface area contributed by atoms with E-state index in [0.29, 0.717) is 25.1 Å². The maximum Gasteiger partial charge on any atom is 0.238 e. The zero-order chi connectivity index (χ0) is 18.4. The molecule has 0 radical (unpaired) electrons. The fraction of sp³-hybridized carbons (Fsp3) is 0.294. The molecule has 5 N–H and O–H groups in total. The first-order chi connectivity index (χ1) is 11.7. The van der Waals surface area contributed by atoms with Gasteiger partial charge >= 0.3 is 0 Å². The van der Waals surface area contributed by atoms with E-state index < -0.39 is 10.0 Å². The van der Waals surface area contributed by atoms with E-state index in [1.165, 1.54) is 12.1 Å². The third-order valence-corrected chi connectivity index (χ3v) is 5.98. The van der Waals surface area contributed by atoms with Gasteiger partial charge in [0.1, 0.15) is 0 Å². The summed E-state index contributed by atoms with van der Waals surface area (Å²) in [4.78, 5) is 0.0429. The summed E-state index contributed by atoms with van der Waals surface area (Å²) >= 11 is 6.27. The van der Waals surface area contributed by atoms with Crippen molar-refractivity contribution < 1.29 is 18.6 Å². The summed E-state index contributed by atoms with van der Waals surface area (Å²) in [5.74, 6) is -0.670. The molecule has 0 aromatic heterocycles. The summed E-state index contributed by atoms with van der Waals surface area (Å²) < 4.78 is 22.9. The van der Waals surface area contributed by atoms with Gasteiger partial charge in [0.2, 0.25) is 10.0 Å². The second kappa shape index (κ2) is 6.49. The van der Waals surface area contributed by atoms with Gasteiger partial charge in [0.25, 0.3) is 0 Å². The number of hydrogen-bond donors (Lipinski definition) is 4. The smallest absolute Gasteiger partial charge is 0.238 e. The Morgan fingerprint density at radius 1 is 1.20 bits per heavy atom. The number of rotatable bonds is 2. The molecule has 2 aromatic rings. The van der Waals surface area contributed by atoms with Crippen molar-refractivity contribution in [3.63, 3.8) is 0 Å². The number of phenolic OH excluding ortho intramolecular Hbond substituents is 2. The summed E-state index contributed by atoms with van der Waals surface area (Å²) in [6, 6.07) is 6.34. The Labute approximate surface area is 151 Å². The highest BCUT2D eigenvalue weighted by Gasteiger charge is 2.28. The van der Waals surface area contributed by atoms with Crippen molar-refractivity contribution in [2.75, 3.05) is 13.1 Å². The fourth-order valence-electron chi connectivity index (χ4n) is 3.35. The number of nitrogens with two attached hydrogens (primary N) is 1. The van der Waals surface area contributed by atoms with Gasteiger partial charge in [-0.3, -0.25) is 0 Å². The second-order valence-corrected chi connectivity index (χ2v) is 8.09. The Bertz CT molecular complexity index is 927. The molecule has 1 heterocycles. The third-order valence-electron chi connectivity index (χ3n) is 4.64. The van der Waals surface area contributed by atoms with Crippen LogP contribution >= 0.6 is 11.6 Å². The summed E-state index contributed by atoms with van der Waals surface area (Å²) in [5.41, 5.74) is 3.09. The van der Waals surface area contributed by atoms with Crippen LogP contribution in [-0.2, 0) is 16.4 Å². The Morgan fingerprint density at radius 2 is 1.84 bits per heavy atom. The van der Waals surface area contributed by atoms with Crippen LogP contribution in [0.1, 0.15) is 28.2 Å². The highest BCUT2D eigenvalue weighted by atomic mass is 35.5. The molecule has 0 bridgehead atoms. The molecule has 0 saturated carbocycles. The van der Waals surface area contributed by atoms with Crippen molar-refractivity contribution in [2.24, 2.45) is 5.14 Å². The SMILES string of the molecule is Cc1c(O)c(O)c(Cl)c2c1C(c1ccc(S(N)(=O)=O)cc1)CNCC2. The van der Waals surface area contributed by atoms with Gasteiger partial charge in [0.05, 0.1) is 9.92 Å². The van der Waals surface area contributed by atoms with Crippen LogP contribution in [0.15, 0.2) is 29.2 Å². The molecule has 1 aliphatic heterocycles. The number of benzene rings is 2. The number of sulfonamides is 1. The molecule has 0 spiro atoms. The van der Waals surface area contributed by atoms with Gasteiger partial charge in [-0.15, -0.1) is 0 Å². The van der Waals surface area contributed by atoms with Gasteiger partial charge in [-0.25, -0.2) is 13.6 Å². The van der Waals surface area contributed by atoms with Crippen LogP contribution in [0.3, 0.4) is 0 Å². The number of hydrogen-bond acceptors (Lipinski definition) is 5. The summed E-state index contributed by atoms with van der Waals surface area (Å²) in [5, 5.41) is 28.9. The lowest BCUT2D eigenvalue weighted by molar-refractivity contribution is 0.399. The number of fused-ring (bicyclic) bond motifs is 1. The normalized spacial score (nSPS) is 17.8. The van der Waals surface area contributed by atoms with Gasteiger partial charge in [0, 0.05) is 12.5 Å². The predicted octanol–water partition coefficient (Wildman–Crippen LogP) is 1.98. The van der Waals surface area contributed by atoms with Crippen molar-refractivity contribution >= 4 is 21.6 Å². The van der Waals surface area contributed by atoms with E-state index in [1.807, 2.05) is 0 Å². The molecule has 1 aliphatic rings. The first kappa shape index (κ1) is 18.0. The molecule has 3 rings (SSSR count). The molecule has 6 nitrogen and oxygen atoms in total. The van der Waals surface area contributed by atoms with Gasteiger partial charge < -0.3 is 15.5 Å². The molecule has 0 aliphatic carbocycles. The summed E-state index contributed by atoms with van der Waals surface area (Å²) in [6.07, 6.45) is 0.620. The first-order valence-electron chi connectivity index (χ1n) is 7.78. The van der Waals surface area contributed by atoms with Crippen molar-refractivity contribution in [1.29, 1.82) is 0 Å². The summed E-state index contributed by atoms with van der Waals surface area (Å²) in [6.45, 7) is 3.02. The molecule has 0 fully saturated rings. The lowest BCUT2D eigenvalue weighted by atomic mass is 9.84. The number of phenols is 2. The minimum Gasteiger partial charge on any atom is -0.504 e. The highest BCUT2D eigenvalue weighted by molar-refractivity contribution is 7.89. The molecule has 0 amide bonds. The molecule has 1 unspecified atom stereocenters. The minimum absolute atomic E-state index is 0.0429. The number of aromatic hydroxyl groups is 2. The Hall–Kier alpha value is -1.80. The minimum atomic E-state index is -3.76. The Balaban J connectivity index is 2.17. The molecule has 134 valence electrons. The van der Waals surface area contributed by atoms with Crippen LogP contribution in [-0.4, -0.2) is 31.7 Å². The molecule has 2 aromatic carbocycles. The Morgan fingerprint density at radius 3 is 2.44 bits per heavy atom. The van der Waals surface area contributed by atoms with Crippen LogP contribution in [0.2, 0.25) is 5.02 Å². The maximum atomic E-state index is 11.4. The largest absolute Gasteiger partial charge is 0.504 e. The van der Waals surface area contributed by atoms with E-state index in [2.05, 4.69) is 5.32 Å². The van der Waals surface area contributed by atoms with Crippen LogP contribution in [0.5, 0.6) is 11.5 Å². The van der Waals surface area contributed by atoms with Gasteiger partial charge in [-0.05, 0) is 54.3 Å². The van der Waals surface area contributed by atoms with Crippen molar-refractivity contribution in [3.05, 3.63) is 51.5 Å². The zero-order valence-electron chi connectivity index (χ0n) is 13.6. The monoisotopic (exact) mass is 382 g/mol. The molecular formula is C17H19ClN2O4S. The zero-order valence-corrected chi connectivity index (χ0v) is 15.2. The van der Waals surface area contributed by atoms with Crippen molar-refractivity contribution in [3.8, 4) is 11.5 Å². The first-order valence-corrected chi connectivity index (χ1v) is 9.70. The highest BCUT2D eigenvalue weighted by Crippen LogP contribution is 2.45. The van der Waals surface area contributed by atoms with Gasteiger partial charge in [-0.2, -0.15) is 0 Å². The second-order valence-electron chi connectivity index (χ2n) is 6.15. The van der Waals surface area contributed by atoms with E-state index >= 15 is 0 Å². The maximum absolute atomic E-state index is 11.4. The van der Waals surface area contributed by atoms with Crippen LogP contribution < -0.4 is 10.5 Å². The Kier molecular flexibility index (Phi) is 4.68. The average molecular weight is 383 g/mol. The van der Waals surface area contributed by atoms with E-state index in [1.54, 1.807) is 19.1 Å². The predicted molar refractivity (Wildman–Crippen MR) is 95.8 cm³/mol. The van der Waals surface area contributed by atoms with E-state index in [-0.39, 0.29) is 27.3 Å². The van der Waals surface area contributed by atoms with E-state index in [4.69, 9.17) is 16.7 Å². The van der Waals surface area contributed by atoms with Gasteiger partial charge in [0.15, 0.2) is 11.5 Å². The fourth-order valence-corrected chi connectivity index (χ4v) is 4.15. The van der Waals surface area contributed by atoms with E-state index in [0.717, 1.165) is 16.7 Å². The van der Waals surface area contributed by atoms with Crippen LogP contribution in [0.25, 0.3) is 0 Å². The van der Waals surface area contributed by atoms with Crippen molar-refractivity contribution in [2.45, 2.75) is 24.2 Å². The number of halogens is 1. The number of primary sulfonamides is 1. The number of nitrogens with one attached hydrogen (secondary N) is 1. The third kappa shape index (κ3) is 3.20. The molecule has 1 atom stereocenters. The topological polar surface area (TPSA) is 113 Å².